The van der Waals surface area contributed by atoms with Crippen molar-refractivity contribution in [1.29, 1.82) is 0 Å². The standard InChI is InChI=1S/C4H8N2O/c7-3-4-5-1-2-6-4/h3,5-7H,1-2H2. The lowest BCUT2D eigenvalue weighted by Gasteiger charge is -1.91. The molecule has 3 heteroatoms. The van der Waals surface area contributed by atoms with E-state index >= 15 is 0 Å². The second kappa shape index (κ2) is 1.73. The van der Waals surface area contributed by atoms with Gasteiger partial charge in [-0.25, -0.2) is 0 Å². The van der Waals surface area contributed by atoms with Crippen molar-refractivity contribution >= 4 is 0 Å². The summed E-state index contributed by atoms with van der Waals surface area (Å²) in [4.78, 5) is 0. The van der Waals surface area contributed by atoms with Gasteiger partial charge >= 0.3 is 0 Å². The predicted molar refractivity (Wildman–Crippen MR) is 26.7 cm³/mol. The molecule has 0 radical (unpaired) electrons. The van der Waals surface area contributed by atoms with Crippen LogP contribution in [0.5, 0.6) is 0 Å². The van der Waals surface area contributed by atoms with Gasteiger partial charge in [0.25, 0.3) is 0 Å². The topological polar surface area (TPSA) is 44.3 Å². The smallest absolute Gasteiger partial charge is 0.134 e. The zero-order valence-electron chi connectivity index (χ0n) is 3.94. The van der Waals surface area contributed by atoms with Gasteiger partial charge in [-0.05, 0) is 0 Å². The summed E-state index contributed by atoms with van der Waals surface area (Å²) >= 11 is 0. The average Bonchev–Trinajstić information content (AvgIpc) is 2.14. The van der Waals surface area contributed by atoms with Crippen LogP contribution in [0.3, 0.4) is 0 Å². The van der Waals surface area contributed by atoms with Crippen LogP contribution in [-0.4, -0.2) is 18.2 Å². The minimum Gasteiger partial charge on any atom is -0.512 e. The highest BCUT2D eigenvalue weighted by Crippen LogP contribution is 1.84. The summed E-state index contributed by atoms with van der Waals surface area (Å²) < 4.78 is 0. The summed E-state index contributed by atoms with van der Waals surface area (Å²) in [5.74, 6) is 0.722. The zero-order valence-corrected chi connectivity index (χ0v) is 3.94. The van der Waals surface area contributed by atoms with Gasteiger partial charge in [-0.15, -0.1) is 0 Å². The summed E-state index contributed by atoms with van der Waals surface area (Å²) in [5.41, 5.74) is 0. The van der Waals surface area contributed by atoms with E-state index in [1.165, 1.54) is 0 Å². The zero-order chi connectivity index (χ0) is 5.11. The summed E-state index contributed by atoms with van der Waals surface area (Å²) in [7, 11) is 0. The maximum atomic E-state index is 8.28. The van der Waals surface area contributed by atoms with E-state index in [4.69, 9.17) is 5.11 Å². The molecule has 0 aromatic rings. The van der Waals surface area contributed by atoms with Crippen LogP contribution in [0.4, 0.5) is 0 Å². The third-order valence-electron chi connectivity index (χ3n) is 0.885. The Kier molecular flexibility index (Phi) is 1.06. The van der Waals surface area contributed by atoms with E-state index in [-0.39, 0.29) is 0 Å². The summed E-state index contributed by atoms with van der Waals surface area (Å²) in [6, 6.07) is 0. The Bertz CT molecular complexity index is 81.7. The Hall–Kier alpha value is -0.860. The van der Waals surface area contributed by atoms with Crippen molar-refractivity contribution < 1.29 is 5.11 Å². The number of hydrogen-bond acceptors (Lipinski definition) is 3. The molecule has 0 bridgehead atoms. The van der Waals surface area contributed by atoms with Crippen molar-refractivity contribution in [2.45, 2.75) is 0 Å². The van der Waals surface area contributed by atoms with E-state index in [0.717, 1.165) is 25.2 Å². The van der Waals surface area contributed by atoms with Crippen LogP contribution in [0.15, 0.2) is 12.1 Å². The molecule has 0 atom stereocenters. The van der Waals surface area contributed by atoms with E-state index in [9.17, 15) is 0 Å². The van der Waals surface area contributed by atoms with Crippen molar-refractivity contribution in [3.63, 3.8) is 0 Å². The van der Waals surface area contributed by atoms with E-state index in [2.05, 4.69) is 10.6 Å². The predicted octanol–water partition coefficient (Wildman–Crippen LogP) is -0.464. The molecule has 0 saturated carbocycles. The van der Waals surface area contributed by atoms with E-state index in [1.54, 1.807) is 0 Å². The molecule has 1 fully saturated rings. The van der Waals surface area contributed by atoms with E-state index in [1.807, 2.05) is 0 Å². The number of aliphatic hydroxyl groups is 1. The fraction of sp³-hybridized carbons (Fsp3) is 0.500. The first-order valence-corrected chi connectivity index (χ1v) is 2.25. The molecule has 0 spiro atoms. The molecular weight excluding hydrogens is 92.1 g/mol. The number of hydrogen-bond donors (Lipinski definition) is 3. The minimum atomic E-state index is 0.722. The third-order valence-corrected chi connectivity index (χ3v) is 0.885. The Labute approximate surface area is 42.0 Å². The molecule has 1 aliphatic heterocycles. The Morgan fingerprint density at radius 2 is 2.00 bits per heavy atom. The fourth-order valence-electron chi connectivity index (χ4n) is 0.548. The lowest BCUT2D eigenvalue weighted by Crippen LogP contribution is -2.08. The molecule has 0 aliphatic carbocycles. The second-order valence-corrected chi connectivity index (χ2v) is 1.40. The highest BCUT2D eigenvalue weighted by Gasteiger charge is 2.00. The highest BCUT2D eigenvalue weighted by atomic mass is 16.2. The van der Waals surface area contributed by atoms with Gasteiger partial charge in [0.2, 0.25) is 0 Å². The van der Waals surface area contributed by atoms with Gasteiger partial charge < -0.3 is 15.7 Å². The van der Waals surface area contributed by atoms with Gasteiger partial charge in [0.05, 0.1) is 0 Å². The van der Waals surface area contributed by atoms with Crippen molar-refractivity contribution in [2.24, 2.45) is 0 Å². The number of aliphatic hydroxyl groups excluding tert-OH is 1. The summed E-state index contributed by atoms with van der Waals surface area (Å²) in [5, 5.41) is 14.1. The molecular formula is C4H8N2O. The largest absolute Gasteiger partial charge is 0.512 e. The van der Waals surface area contributed by atoms with Crippen LogP contribution < -0.4 is 10.6 Å². The van der Waals surface area contributed by atoms with Crippen LogP contribution in [0.25, 0.3) is 0 Å². The van der Waals surface area contributed by atoms with Crippen molar-refractivity contribution in [2.75, 3.05) is 13.1 Å². The van der Waals surface area contributed by atoms with Crippen LogP contribution in [0.2, 0.25) is 0 Å². The van der Waals surface area contributed by atoms with Crippen LogP contribution in [0.1, 0.15) is 0 Å². The monoisotopic (exact) mass is 100 g/mol. The van der Waals surface area contributed by atoms with Gasteiger partial charge in [0.15, 0.2) is 0 Å². The first-order chi connectivity index (χ1) is 3.43. The van der Waals surface area contributed by atoms with Gasteiger partial charge in [-0.3, -0.25) is 0 Å². The van der Waals surface area contributed by atoms with Crippen molar-refractivity contribution in [3.8, 4) is 0 Å². The highest BCUT2D eigenvalue weighted by molar-refractivity contribution is 4.96. The van der Waals surface area contributed by atoms with Gasteiger partial charge in [-0.2, -0.15) is 0 Å². The first kappa shape index (κ1) is 4.30. The molecule has 0 amide bonds. The molecule has 7 heavy (non-hydrogen) atoms. The molecule has 1 heterocycles. The van der Waals surface area contributed by atoms with Gasteiger partial charge in [0.1, 0.15) is 12.1 Å². The lowest BCUT2D eigenvalue weighted by atomic mass is 10.7. The SMILES string of the molecule is OC=C1NCCN1. The molecule has 0 aromatic heterocycles. The van der Waals surface area contributed by atoms with Gasteiger partial charge in [0, 0.05) is 13.1 Å². The van der Waals surface area contributed by atoms with Crippen LogP contribution >= 0.6 is 0 Å². The normalized spacial score (nSPS) is 18.0. The quantitative estimate of drug-likeness (QED) is 0.361. The second-order valence-electron chi connectivity index (χ2n) is 1.40. The average molecular weight is 100 g/mol. The Balaban J connectivity index is 2.41. The number of nitrogens with one attached hydrogen (secondary N) is 2. The minimum absolute atomic E-state index is 0.722. The van der Waals surface area contributed by atoms with Crippen molar-refractivity contribution in [1.82, 2.24) is 10.6 Å². The first-order valence-electron chi connectivity index (χ1n) is 2.25. The molecule has 40 valence electrons. The summed E-state index contributed by atoms with van der Waals surface area (Å²) in [6.45, 7) is 1.82. The van der Waals surface area contributed by atoms with E-state index in [0.29, 0.717) is 0 Å². The molecule has 3 N–H and O–H groups in total. The lowest BCUT2D eigenvalue weighted by molar-refractivity contribution is 0.460. The maximum Gasteiger partial charge on any atom is 0.134 e. The summed E-state index contributed by atoms with van der Waals surface area (Å²) in [6.07, 6.45) is 1.03. The molecule has 3 nitrogen and oxygen atoms in total. The molecule has 0 unspecified atom stereocenters. The van der Waals surface area contributed by atoms with Gasteiger partial charge in [-0.1, -0.05) is 0 Å². The molecule has 1 rings (SSSR count). The van der Waals surface area contributed by atoms with Crippen LogP contribution in [0, 0.1) is 0 Å². The fourth-order valence-corrected chi connectivity index (χ4v) is 0.548. The maximum absolute atomic E-state index is 8.28. The van der Waals surface area contributed by atoms with Crippen LogP contribution in [-0.2, 0) is 0 Å². The van der Waals surface area contributed by atoms with Crippen molar-refractivity contribution in [3.05, 3.63) is 12.1 Å². The number of rotatable bonds is 0. The third kappa shape index (κ3) is 0.765. The van der Waals surface area contributed by atoms with E-state index < -0.39 is 0 Å². The molecule has 1 aliphatic rings. The Morgan fingerprint density at radius 1 is 1.43 bits per heavy atom. The molecule has 1 saturated heterocycles. The molecule has 0 aromatic carbocycles. The Morgan fingerprint density at radius 3 is 2.29 bits per heavy atom.